The first-order valence-corrected chi connectivity index (χ1v) is 10.2. The largest absolute Gasteiger partial charge is 0.481 e. The van der Waals surface area contributed by atoms with Crippen LogP contribution in [-0.4, -0.2) is 92.2 Å². The van der Waals surface area contributed by atoms with E-state index < -0.39 is 59.8 Å². The number of quaternary nitrogens is 1. The maximum atomic E-state index is 11.9. The summed E-state index contributed by atoms with van der Waals surface area (Å²) >= 11 is 4.55. The minimum atomic E-state index is -1.82. The van der Waals surface area contributed by atoms with Crippen LogP contribution in [0, 0.1) is 0 Å². The normalized spacial score (nSPS) is 11.4. The molecule has 0 aliphatic heterocycles. The second-order valence-electron chi connectivity index (χ2n) is 7.61. The molecule has 0 spiro atoms. The molecule has 0 bridgehead atoms. The van der Waals surface area contributed by atoms with Gasteiger partial charge in [0.15, 0.2) is 13.1 Å². The maximum absolute atomic E-state index is 11.9. The number of aliphatic carboxylic acids is 4. The van der Waals surface area contributed by atoms with Crippen molar-refractivity contribution in [2.24, 2.45) is 10.7 Å². The predicted octanol–water partition coefficient (Wildman–Crippen LogP) is 0.143. The number of carboxylic acid groups (broad SMARTS) is 4. The van der Waals surface area contributed by atoms with Gasteiger partial charge in [0.2, 0.25) is 0 Å². The Morgan fingerprint density at radius 2 is 1.48 bits per heavy atom. The highest BCUT2D eigenvalue weighted by atomic mass is 32.1. The SMILES string of the molecule is NCCNCC(CC(=O)O)(CC(=O)O)[N+](CC(=O)O)(CC(=O)O)Cc1ccc(N=C=S)cc1. The second kappa shape index (κ2) is 12.7. The van der Waals surface area contributed by atoms with Gasteiger partial charge in [-0.1, -0.05) is 12.1 Å². The Labute approximate surface area is 194 Å². The van der Waals surface area contributed by atoms with Gasteiger partial charge in [-0.25, -0.2) is 9.59 Å². The molecule has 0 radical (unpaired) electrons. The Morgan fingerprint density at radius 3 is 1.88 bits per heavy atom. The number of thiocarbonyl (C=S) groups is 1. The number of nitrogens with one attached hydrogen (secondary N) is 1. The summed E-state index contributed by atoms with van der Waals surface area (Å²) in [6, 6.07) is 6.21. The molecule has 0 aliphatic rings. The van der Waals surface area contributed by atoms with E-state index in [0.29, 0.717) is 11.3 Å². The summed E-state index contributed by atoms with van der Waals surface area (Å²) in [5, 5.41) is 43.7. The van der Waals surface area contributed by atoms with Crippen molar-refractivity contribution >= 4 is 46.9 Å². The molecule has 0 unspecified atom stereocenters. The first kappa shape index (κ1) is 27.8. The number of nitrogens with zero attached hydrogens (tertiary/aromatic N) is 2. The van der Waals surface area contributed by atoms with Crippen LogP contribution in [0.4, 0.5) is 5.69 Å². The zero-order chi connectivity index (χ0) is 25.1. The predicted molar refractivity (Wildman–Crippen MR) is 119 cm³/mol. The van der Waals surface area contributed by atoms with Gasteiger partial charge < -0.3 is 31.5 Å². The molecule has 0 aliphatic carbocycles. The average molecular weight is 484 g/mol. The first-order valence-electron chi connectivity index (χ1n) is 9.80. The van der Waals surface area contributed by atoms with Crippen molar-refractivity contribution in [3.05, 3.63) is 29.8 Å². The first-order chi connectivity index (χ1) is 15.5. The Balaban J connectivity index is 3.77. The summed E-state index contributed by atoms with van der Waals surface area (Å²) < 4.78 is -0.858. The second-order valence-corrected chi connectivity index (χ2v) is 7.79. The third kappa shape index (κ3) is 8.33. The molecular formula is C20H27N4O8S+. The molecule has 1 aromatic carbocycles. The number of isothiocyanates is 1. The lowest BCUT2D eigenvalue weighted by Crippen LogP contribution is -2.71. The van der Waals surface area contributed by atoms with Crippen LogP contribution in [-0.2, 0) is 25.7 Å². The van der Waals surface area contributed by atoms with E-state index in [-0.39, 0.29) is 26.2 Å². The number of hydrogen-bond acceptors (Lipinski definition) is 8. The maximum Gasteiger partial charge on any atom is 0.359 e. The summed E-state index contributed by atoms with van der Waals surface area (Å²) in [5.74, 6) is -5.60. The van der Waals surface area contributed by atoms with Crippen LogP contribution >= 0.6 is 12.2 Å². The van der Waals surface area contributed by atoms with Crippen LogP contribution in [0.3, 0.4) is 0 Å². The minimum absolute atomic E-state index is 0.149. The van der Waals surface area contributed by atoms with Crippen molar-refractivity contribution < 1.29 is 44.1 Å². The summed E-state index contributed by atoms with van der Waals surface area (Å²) in [6.07, 6.45) is -1.57. The third-order valence-corrected chi connectivity index (χ3v) is 5.31. The molecule has 0 saturated heterocycles. The van der Waals surface area contributed by atoms with Gasteiger partial charge in [-0.15, -0.1) is 0 Å². The zero-order valence-corrected chi connectivity index (χ0v) is 18.6. The van der Waals surface area contributed by atoms with Crippen molar-refractivity contribution in [1.82, 2.24) is 5.32 Å². The zero-order valence-electron chi connectivity index (χ0n) is 17.8. The van der Waals surface area contributed by atoms with Crippen LogP contribution in [0.25, 0.3) is 0 Å². The van der Waals surface area contributed by atoms with Crippen molar-refractivity contribution in [1.29, 1.82) is 0 Å². The Kier molecular flexibility index (Phi) is 10.7. The fourth-order valence-electron chi connectivity index (χ4n) is 3.94. The topological polar surface area (TPSA) is 200 Å². The molecule has 0 amide bonds. The third-order valence-electron chi connectivity index (χ3n) is 5.21. The number of hydrogen-bond donors (Lipinski definition) is 6. The molecule has 7 N–H and O–H groups in total. The molecule has 0 fully saturated rings. The average Bonchev–Trinajstić information content (AvgIpc) is 2.67. The van der Waals surface area contributed by atoms with E-state index >= 15 is 0 Å². The van der Waals surface area contributed by atoms with Crippen molar-refractivity contribution in [2.45, 2.75) is 24.9 Å². The van der Waals surface area contributed by atoms with Crippen LogP contribution in [0.15, 0.2) is 29.3 Å². The fourth-order valence-corrected chi connectivity index (χ4v) is 4.05. The van der Waals surface area contributed by atoms with E-state index in [1.807, 2.05) is 0 Å². The van der Waals surface area contributed by atoms with Crippen molar-refractivity contribution in [3.63, 3.8) is 0 Å². The van der Waals surface area contributed by atoms with Gasteiger partial charge >= 0.3 is 23.9 Å². The molecule has 13 heteroatoms. The van der Waals surface area contributed by atoms with Crippen molar-refractivity contribution in [2.75, 3.05) is 32.7 Å². The molecule has 0 heterocycles. The van der Waals surface area contributed by atoms with Gasteiger partial charge in [0.1, 0.15) is 24.9 Å². The van der Waals surface area contributed by atoms with Gasteiger partial charge in [0.05, 0.1) is 17.4 Å². The van der Waals surface area contributed by atoms with Crippen molar-refractivity contribution in [3.8, 4) is 0 Å². The lowest BCUT2D eigenvalue weighted by Gasteiger charge is -2.51. The van der Waals surface area contributed by atoms with E-state index in [2.05, 4.69) is 27.7 Å². The monoisotopic (exact) mass is 483 g/mol. The molecule has 0 aromatic heterocycles. The van der Waals surface area contributed by atoms with Gasteiger partial charge in [-0.3, -0.25) is 14.1 Å². The number of nitrogens with two attached hydrogens (primary N) is 1. The number of rotatable bonds is 16. The fraction of sp³-hybridized carbons (Fsp3) is 0.450. The van der Waals surface area contributed by atoms with E-state index in [4.69, 9.17) is 5.73 Å². The lowest BCUT2D eigenvalue weighted by atomic mass is 9.84. The summed E-state index contributed by atoms with van der Waals surface area (Å²) in [6.45, 7) is -1.85. The van der Waals surface area contributed by atoms with Crippen LogP contribution in [0.2, 0.25) is 0 Å². The molecule has 1 rings (SSSR count). The Hall–Kier alpha value is -3.22. The smallest absolute Gasteiger partial charge is 0.359 e. The molecule has 180 valence electrons. The summed E-state index contributed by atoms with van der Waals surface area (Å²) in [4.78, 5) is 51.3. The Morgan fingerprint density at radius 1 is 0.970 bits per heavy atom. The summed E-state index contributed by atoms with van der Waals surface area (Å²) in [5.41, 5.74) is 4.57. The highest BCUT2D eigenvalue weighted by Gasteiger charge is 2.55. The van der Waals surface area contributed by atoms with Gasteiger partial charge in [0.25, 0.3) is 0 Å². The van der Waals surface area contributed by atoms with Gasteiger partial charge in [-0.05, 0) is 24.4 Å². The van der Waals surface area contributed by atoms with Gasteiger partial charge in [0, 0.05) is 18.7 Å². The van der Waals surface area contributed by atoms with E-state index in [1.54, 1.807) is 24.3 Å². The molecule has 33 heavy (non-hydrogen) atoms. The van der Waals surface area contributed by atoms with Crippen LogP contribution < -0.4 is 11.1 Å². The van der Waals surface area contributed by atoms with Gasteiger partial charge in [-0.2, -0.15) is 4.99 Å². The number of carbonyl (C=O) groups is 4. The molecule has 12 nitrogen and oxygen atoms in total. The highest BCUT2D eigenvalue weighted by molar-refractivity contribution is 7.78. The summed E-state index contributed by atoms with van der Waals surface area (Å²) in [7, 11) is 0. The lowest BCUT2D eigenvalue weighted by molar-refractivity contribution is -0.974. The van der Waals surface area contributed by atoms with E-state index in [0.717, 1.165) is 0 Å². The molecule has 1 aromatic rings. The molecule has 0 saturated carbocycles. The Bertz CT molecular complexity index is 883. The van der Waals surface area contributed by atoms with Crippen LogP contribution in [0.1, 0.15) is 18.4 Å². The molecule has 0 atom stereocenters. The highest BCUT2D eigenvalue weighted by Crippen LogP contribution is 2.35. The van der Waals surface area contributed by atoms with Crippen LogP contribution in [0.5, 0.6) is 0 Å². The quantitative estimate of drug-likeness (QED) is 0.0808. The number of aliphatic imine (C=N–C) groups is 1. The standard InChI is InChI=1S/C20H26N4O8S/c21-5-6-22-12-20(7-16(25)26,8-17(27)28)24(10-18(29)30,11-19(31)32)9-14-1-3-15(4-2-14)23-13-33/h1-4,22H,5-12,21H2,(H3-,25,26,27,28,29,30,31,32)/p+1. The number of benzene rings is 1. The molecular weight excluding hydrogens is 456 g/mol. The van der Waals surface area contributed by atoms with E-state index in [1.165, 1.54) is 0 Å². The minimum Gasteiger partial charge on any atom is -0.481 e. The number of carboxylic acids is 4. The van der Waals surface area contributed by atoms with E-state index in [9.17, 15) is 39.6 Å².